The average molecular weight is 984 g/mol. The Morgan fingerprint density at radius 2 is 0.606 bits per heavy atom. The topological polar surface area (TPSA) is 78.9 Å². The molecule has 0 amide bonds. The van der Waals surface area contributed by atoms with Crippen LogP contribution in [0, 0.1) is 0 Å². The molecular weight excluding hydrogens is 877 g/mol. The van der Waals surface area contributed by atoms with Gasteiger partial charge in [0.2, 0.25) is 0 Å². The van der Waals surface area contributed by atoms with Gasteiger partial charge in [-0.1, -0.05) is 258 Å². The zero-order valence-corrected chi connectivity index (χ0v) is 45.9. The number of esters is 3. The zero-order valence-electron chi connectivity index (χ0n) is 45.9. The van der Waals surface area contributed by atoms with Crippen LogP contribution in [-0.4, -0.2) is 37.2 Å². The first-order valence-electron chi connectivity index (χ1n) is 29.1. The van der Waals surface area contributed by atoms with Gasteiger partial charge in [-0.05, 0) is 96.3 Å². The molecule has 0 saturated heterocycles. The lowest BCUT2D eigenvalue weighted by Crippen LogP contribution is -2.30. The van der Waals surface area contributed by atoms with Crippen molar-refractivity contribution in [3.05, 3.63) is 122 Å². The van der Waals surface area contributed by atoms with Crippen LogP contribution in [0.4, 0.5) is 0 Å². The molecule has 0 rings (SSSR count). The number of hydrogen-bond acceptors (Lipinski definition) is 6. The fraction of sp³-hybridized carbons (Fsp3) is 0.646. The Kier molecular flexibility index (Phi) is 54.9. The fourth-order valence-electron chi connectivity index (χ4n) is 7.66. The Hall–Kier alpha value is -4.19. The third-order valence-electron chi connectivity index (χ3n) is 12.0. The summed E-state index contributed by atoms with van der Waals surface area (Å²) in [5, 5.41) is 0. The van der Waals surface area contributed by atoms with Crippen molar-refractivity contribution < 1.29 is 28.6 Å². The summed E-state index contributed by atoms with van der Waals surface area (Å²) in [6.07, 6.45) is 80.4. The van der Waals surface area contributed by atoms with E-state index in [9.17, 15) is 14.4 Å². The van der Waals surface area contributed by atoms with Crippen molar-refractivity contribution in [2.24, 2.45) is 0 Å². The molecule has 6 heteroatoms. The minimum absolute atomic E-state index is 0.117. The quantitative estimate of drug-likeness (QED) is 0.0199. The minimum atomic E-state index is -0.822. The second kappa shape index (κ2) is 58.4. The molecule has 0 aliphatic rings. The molecule has 0 saturated carbocycles. The summed E-state index contributed by atoms with van der Waals surface area (Å²) in [7, 11) is 0. The molecule has 71 heavy (non-hydrogen) atoms. The van der Waals surface area contributed by atoms with E-state index in [1.165, 1.54) is 103 Å². The molecular formula is C65H106O6. The van der Waals surface area contributed by atoms with Gasteiger partial charge < -0.3 is 14.2 Å². The molecule has 0 aliphatic heterocycles. The molecule has 402 valence electrons. The van der Waals surface area contributed by atoms with Crippen LogP contribution in [0.1, 0.15) is 252 Å². The highest BCUT2D eigenvalue weighted by molar-refractivity contribution is 5.71. The summed E-state index contributed by atoms with van der Waals surface area (Å²) >= 11 is 0. The lowest BCUT2D eigenvalue weighted by molar-refractivity contribution is -0.167. The Morgan fingerprint density at radius 3 is 1.04 bits per heavy atom. The van der Waals surface area contributed by atoms with E-state index in [-0.39, 0.29) is 37.5 Å². The van der Waals surface area contributed by atoms with E-state index < -0.39 is 6.10 Å². The van der Waals surface area contributed by atoms with Gasteiger partial charge in [-0.2, -0.15) is 0 Å². The predicted molar refractivity (Wildman–Crippen MR) is 306 cm³/mol. The molecule has 0 aliphatic carbocycles. The van der Waals surface area contributed by atoms with E-state index in [0.717, 1.165) is 103 Å². The molecule has 0 spiro atoms. The van der Waals surface area contributed by atoms with Crippen molar-refractivity contribution >= 4 is 17.9 Å². The Morgan fingerprint density at radius 1 is 0.296 bits per heavy atom. The van der Waals surface area contributed by atoms with E-state index in [4.69, 9.17) is 14.2 Å². The number of ether oxygens (including phenoxy) is 3. The Bertz CT molecular complexity index is 1500. The summed E-state index contributed by atoms with van der Waals surface area (Å²) < 4.78 is 16.8. The van der Waals surface area contributed by atoms with Gasteiger partial charge in [0.1, 0.15) is 13.2 Å². The number of unbranched alkanes of at least 4 members (excludes halogenated alkanes) is 25. The molecule has 0 N–H and O–H groups in total. The van der Waals surface area contributed by atoms with Gasteiger partial charge in [-0.25, -0.2) is 0 Å². The second-order valence-corrected chi connectivity index (χ2v) is 19.0. The van der Waals surface area contributed by atoms with E-state index in [0.29, 0.717) is 19.3 Å². The van der Waals surface area contributed by atoms with Gasteiger partial charge in [0.25, 0.3) is 0 Å². The van der Waals surface area contributed by atoms with E-state index in [2.05, 4.69) is 118 Å². The highest BCUT2D eigenvalue weighted by Crippen LogP contribution is 2.13. The van der Waals surface area contributed by atoms with Crippen molar-refractivity contribution in [3.8, 4) is 0 Å². The smallest absolute Gasteiger partial charge is 0.306 e. The highest BCUT2D eigenvalue weighted by atomic mass is 16.6. The van der Waals surface area contributed by atoms with Gasteiger partial charge >= 0.3 is 17.9 Å². The molecule has 0 aromatic rings. The van der Waals surface area contributed by atoms with Crippen molar-refractivity contribution in [3.63, 3.8) is 0 Å². The third-order valence-corrected chi connectivity index (χ3v) is 12.0. The molecule has 0 aromatic carbocycles. The predicted octanol–water partition coefficient (Wildman–Crippen LogP) is 19.6. The first-order chi connectivity index (χ1) is 35.0. The van der Waals surface area contributed by atoms with Crippen molar-refractivity contribution in [1.29, 1.82) is 0 Å². The molecule has 0 aromatic heterocycles. The molecule has 0 radical (unpaired) electrons. The highest BCUT2D eigenvalue weighted by Gasteiger charge is 2.19. The van der Waals surface area contributed by atoms with Gasteiger partial charge in [0.15, 0.2) is 6.10 Å². The minimum Gasteiger partial charge on any atom is -0.462 e. The van der Waals surface area contributed by atoms with Crippen LogP contribution in [0.3, 0.4) is 0 Å². The second-order valence-electron chi connectivity index (χ2n) is 19.0. The molecule has 0 heterocycles. The lowest BCUT2D eigenvalue weighted by Gasteiger charge is -2.18. The number of hydrogen-bond donors (Lipinski definition) is 0. The maximum atomic E-state index is 12.9. The molecule has 6 nitrogen and oxygen atoms in total. The Labute approximate surface area is 437 Å². The van der Waals surface area contributed by atoms with Crippen molar-refractivity contribution in [2.75, 3.05) is 13.2 Å². The number of allylic oxidation sites excluding steroid dienone is 20. The standard InChI is InChI=1S/C65H106O6/c1-4-7-10-13-16-19-22-25-28-31-34-37-40-43-46-49-52-55-58-64(67)70-61-62(60-69-63(66)57-54-51-48-45-42-39-36-33-30-27-24-21-18-15-12-9-6-3)71-65(68)59-56-53-50-47-44-41-38-35-32-29-26-23-20-17-14-11-8-5-2/h10,13,16,19,22,25,27-32,34-39,45,48,62H,4-9,11-12,14-15,17-18,20-21,23-24,26,33,40-44,46-47,49-61H2,1-3H3/b13-10-,19-16-,25-22-,30-27-,31-28-,32-29-,37-34-,38-35-,39-36-,48-45-. The number of carbonyl (C=O) groups is 3. The van der Waals surface area contributed by atoms with Crippen LogP contribution >= 0.6 is 0 Å². The SMILES string of the molecule is CCC\C=C/C=C\C=C/C=C\C=C/CCCCCCCC(=O)OCC(COC(=O)CCC/C=C\C/C=C\C/C=C\CCCCCCCC)OC(=O)CCCCCCC/C=C\C=C/CCCCCCCCC. The molecule has 1 atom stereocenters. The summed E-state index contributed by atoms with van der Waals surface area (Å²) in [4.78, 5) is 38.2. The van der Waals surface area contributed by atoms with Gasteiger partial charge in [0, 0.05) is 19.3 Å². The summed E-state index contributed by atoms with van der Waals surface area (Å²) in [6, 6.07) is 0. The maximum absolute atomic E-state index is 12.9. The largest absolute Gasteiger partial charge is 0.462 e. The van der Waals surface area contributed by atoms with Crippen LogP contribution in [0.15, 0.2) is 122 Å². The molecule has 0 bridgehead atoms. The van der Waals surface area contributed by atoms with E-state index in [1.54, 1.807) is 0 Å². The Balaban J connectivity index is 4.56. The zero-order chi connectivity index (χ0) is 51.4. The number of rotatable bonds is 51. The van der Waals surface area contributed by atoms with Crippen LogP contribution < -0.4 is 0 Å². The van der Waals surface area contributed by atoms with Gasteiger partial charge in [0.05, 0.1) is 0 Å². The summed E-state index contributed by atoms with van der Waals surface area (Å²) in [5.74, 6) is -1.01. The molecule has 1 unspecified atom stereocenters. The normalized spacial score (nSPS) is 13.0. The van der Waals surface area contributed by atoms with Crippen LogP contribution in [0.2, 0.25) is 0 Å². The van der Waals surface area contributed by atoms with Crippen LogP contribution in [-0.2, 0) is 28.6 Å². The van der Waals surface area contributed by atoms with Gasteiger partial charge in [-0.15, -0.1) is 0 Å². The summed E-state index contributed by atoms with van der Waals surface area (Å²) in [6.45, 7) is 6.46. The molecule has 0 fully saturated rings. The average Bonchev–Trinajstić information content (AvgIpc) is 3.37. The summed E-state index contributed by atoms with van der Waals surface area (Å²) in [5.41, 5.74) is 0. The first-order valence-corrected chi connectivity index (χ1v) is 29.1. The van der Waals surface area contributed by atoms with E-state index >= 15 is 0 Å². The van der Waals surface area contributed by atoms with Crippen LogP contribution in [0.5, 0.6) is 0 Å². The van der Waals surface area contributed by atoms with Crippen molar-refractivity contribution in [1.82, 2.24) is 0 Å². The van der Waals surface area contributed by atoms with E-state index in [1.807, 2.05) is 24.3 Å². The maximum Gasteiger partial charge on any atom is 0.306 e. The van der Waals surface area contributed by atoms with Gasteiger partial charge in [-0.3, -0.25) is 14.4 Å². The lowest BCUT2D eigenvalue weighted by atomic mass is 10.1. The third kappa shape index (κ3) is 56.6. The number of carbonyl (C=O) groups excluding carboxylic acids is 3. The monoisotopic (exact) mass is 983 g/mol. The fourth-order valence-corrected chi connectivity index (χ4v) is 7.66. The van der Waals surface area contributed by atoms with Crippen molar-refractivity contribution in [2.45, 2.75) is 258 Å². The van der Waals surface area contributed by atoms with Crippen LogP contribution in [0.25, 0.3) is 0 Å². The first kappa shape index (κ1) is 66.8.